The minimum Gasteiger partial charge on any atom is -0.337 e. The lowest BCUT2D eigenvalue weighted by atomic mass is 9.83. The lowest BCUT2D eigenvalue weighted by molar-refractivity contribution is -0.122. The van der Waals surface area contributed by atoms with Gasteiger partial charge in [-0.25, -0.2) is 0 Å². The van der Waals surface area contributed by atoms with Gasteiger partial charge in [-0.05, 0) is 44.4 Å². The molecular weight excluding hydrogens is 310 g/mol. The summed E-state index contributed by atoms with van der Waals surface area (Å²) in [6.45, 7) is 4.22. The summed E-state index contributed by atoms with van der Waals surface area (Å²) in [5.74, 6) is -0.129. The highest BCUT2D eigenvalue weighted by molar-refractivity contribution is 6.30. The number of nitrogens with one attached hydrogen (secondary N) is 2. The summed E-state index contributed by atoms with van der Waals surface area (Å²) in [6.07, 6.45) is 4.63. The Morgan fingerprint density at radius 2 is 1.87 bits per heavy atom. The van der Waals surface area contributed by atoms with Gasteiger partial charge >= 0.3 is 0 Å². The van der Waals surface area contributed by atoms with Crippen LogP contribution in [0.3, 0.4) is 0 Å². The normalized spacial score (nSPS) is 17.3. The van der Waals surface area contributed by atoms with E-state index in [1.807, 2.05) is 38.1 Å². The van der Waals surface area contributed by atoms with E-state index in [4.69, 9.17) is 11.6 Å². The zero-order chi connectivity index (χ0) is 16.9. The van der Waals surface area contributed by atoms with Gasteiger partial charge in [-0.2, -0.15) is 5.26 Å². The number of rotatable bonds is 5. The molecule has 1 aliphatic rings. The van der Waals surface area contributed by atoms with Gasteiger partial charge in [-0.1, -0.05) is 43.0 Å². The van der Waals surface area contributed by atoms with Gasteiger partial charge < -0.3 is 5.32 Å². The maximum absolute atomic E-state index is 12.3. The lowest BCUT2D eigenvalue weighted by Gasteiger charge is -2.32. The Balaban J connectivity index is 1.92. The molecule has 0 spiro atoms. The number of carbonyl (C=O) groups excluding carboxylic acids is 1. The van der Waals surface area contributed by atoms with E-state index in [0.29, 0.717) is 5.02 Å². The van der Waals surface area contributed by atoms with Crippen LogP contribution in [0.4, 0.5) is 0 Å². The van der Waals surface area contributed by atoms with Crippen LogP contribution in [0, 0.1) is 11.3 Å². The number of benzene rings is 1. The van der Waals surface area contributed by atoms with Gasteiger partial charge in [0.15, 0.2) is 0 Å². The predicted molar refractivity (Wildman–Crippen MR) is 92.1 cm³/mol. The molecule has 2 N–H and O–H groups in total. The van der Waals surface area contributed by atoms with Crippen LogP contribution < -0.4 is 10.6 Å². The van der Waals surface area contributed by atoms with Gasteiger partial charge in [0.05, 0.1) is 12.6 Å². The van der Waals surface area contributed by atoms with E-state index >= 15 is 0 Å². The lowest BCUT2D eigenvalue weighted by Crippen LogP contribution is -2.52. The minimum atomic E-state index is -0.679. The number of nitrogens with zero attached hydrogens (tertiary/aromatic N) is 1. The predicted octanol–water partition coefficient (Wildman–Crippen LogP) is 3.51. The van der Waals surface area contributed by atoms with Crippen LogP contribution in [0.15, 0.2) is 24.3 Å². The first-order valence-corrected chi connectivity index (χ1v) is 8.48. The summed E-state index contributed by atoms with van der Waals surface area (Å²) in [6, 6.07) is 9.89. The van der Waals surface area contributed by atoms with E-state index < -0.39 is 5.54 Å². The molecule has 1 fully saturated rings. The van der Waals surface area contributed by atoms with Crippen LogP contribution in [0.25, 0.3) is 0 Å². The van der Waals surface area contributed by atoms with E-state index in [9.17, 15) is 10.1 Å². The molecule has 0 aromatic heterocycles. The molecule has 124 valence electrons. The molecule has 0 radical (unpaired) electrons. The number of carbonyl (C=O) groups is 1. The second-order valence-corrected chi connectivity index (χ2v) is 7.22. The van der Waals surface area contributed by atoms with Gasteiger partial charge in [0.25, 0.3) is 0 Å². The van der Waals surface area contributed by atoms with Crippen molar-refractivity contribution in [2.24, 2.45) is 0 Å². The number of halogens is 1. The van der Waals surface area contributed by atoms with Crippen LogP contribution in [-0.4, -0.2) is 18.0 Å². The fourth-order valence-electron chi connectivity index (χ4n) is 3.00. The molecule has 2 rings (SSSR count). The highest BCUT2D eigenvalue weighted by atomic mass is 35.5. The standard InChI is InChI=1S/C18H24ClN3O/c1-17(2,14-6-8-15(19)9-7-14)21-12-16(23)22-18(13-20)10-4-3-5-11-18/h6-9,21H,3-5,10-12H2,1-2H3,(H,22,23). The fraction of sp³-hybridized carbons (Fsp3) is 0.556. The molecule has 0 aliphatic heterocycles. The Kier molecular flexibility index (Phi) is 5.67. The molecule has 1 saturated carbocycles. The molecule has 0 atom stereocenters. The zero-order valence-electron chi connectivity index (χ0n) is 13.8. The quantitative estimate of drug-likeness (QED) is 0.866. The summed E-state index contributed by atoms with van der Waals surface area (Å²) >= 11 is 5.91. The summed E-state index contributed by atoms with van der Waals surface area (Å²) in [4.78, 5) is 12.3. The fourth-order valence-corrected chi connectivity index (χ4v) is 3.13. The number of amides is 1. The smallest absolute Gasteiger partial charge is 0.235 e. The first-order chi connectivity index (χ1) is 10.9. The second kappa shape index (κ2) is 7.33. The van der Waals surface area contributed by atoms with E-state index in [-0.39, 0.29) is 18.0 Å². The molecule has 0 saturated heterocycles. The van der Waals surface area contributed by atoms with Crippen LogP contribution in [0.1, 0.15) is 51.5 Å². The number of nitriles is 1. The van der Waals surface area contributed by atoms with Crippen molar-refractivity contribution in [3.63, 3.8) is 0 Å². The minimum absolute atomic E-state index is 0.129. The van der Waals surface area contributed by atoms with Crippen molar-refractivity contribution in [1.29, 1.82) is 5.26 Å². The molecule has 5 heteroatoms. The van der Waals surface area contributed by atoms with E-state index in [1.54, 1.807) is 0 Å². The van der Waals surface area contributed by atoms with Crippen LogP contribution in [0.2, 0.25) is 5.02 Å². The molecule has 23 heavy (non-hydrogen) atoms. The van der Waals surface area contributed by atoms with Crippen molar-refractivity contribution >= 4 is 17.5 Å². The van der Waals surface area contributed by atoms with E-state index in [0.717, 1.165) is 37.7 Å². The number of hydrogen-bond donors (Lipinski definition) is 2. The van der Waals surface area contributed by atoms with Crippen molar-refractivity contribution in [2.75, 3.05) is 6.54 Å². The Hall–Kier alpha value is -1.57. The molecule has 1 aromatic carbocycles. The Bertz CT molecular complexity index is 583. The van der Waals surface area contributed by atoms with Crippen molar-refractivity contribution in [1.82, 2.24) is 10.6 Å². The SMILES string of the molecule is CC(C)(NCC(=O)NC1(C#N)CCCCC1)c1ccc(Cl)cc1. The van der Waals surface area contributed by atoms with Crippen molar-refractivity contribution < 1.29 is 4.79 Å². The van der Waals surface area contributed by atoms with Gasteiger partial charge in [-0.3, -0.25) is 10.1 Å². The first-order valence-electron chi connectivity index (χ1n) is 8.10. The zero-order valence-corrected chi connectivity index (χ0v) is 14.5. The average Bonchev–Trinajstić information content (AvgIpc) is 2.54. The first kappa shape index (κ1) is 17.8. The average molecular weight is 334 g/mol. The monoisotopic (exact) mass is 333 g/mol. The molecular formula is C18H24ClN3O. The van der Waals surface area contributed by atoms with Crippen molar-refractivity contribution in [3.05, 3.63) is 34.9 Å². The second-order valence-electron chi connectivity index (χ2n) is 6.79. The third-order valence-electron chi connectivity index (χ3n) is 4.56. The van der Waals surface area contributed by atoms with Gasteiger partial charge in [-0.15, -0.1) is 0 Å². The van der Waals surface area contributed by atoms with E-state index in [1.165, 1.54) is 0 Å². The molecule has 0 bridgehead atoms. The topological polar surface area (TPSA) is 64.9 Å². The molecule has 1 amide bonds. The van der Waals surface area contributed by atoms with Crippen molar-refractivity contribution in [3.8, 4) is 6.07 Å². The van der Waals surface area contributed by atoms with E-state index in [2.05, 4.69) is 16.7 Å². The summed E-state index contributed by atoms with van der Waals surface area (Å²) in [5.41, 5.74) is 0.0257. The maximum Gasteiger partial charge on any atom is 0.235 e. The van der Waals surface area contributed by atoms with Gasteiger partial charge in [0, 0.05) is 10.6 Å². The van der Waals surface area contributed by atoms with Crippen LogP contribution in [0.5, 0.6) is 0 Å². The summed E-state index contributed by atoms with van der Waals surface area (Å²) < 4.78 is 0. The van der Waals surface area contributed by atoms with Gasteiger partial charge in [0.2, 0.25) is 5.91 Å². The molecule has 0 heterocycles. The van der Waals surface area contributed by atoms with Crippen molar-refractivity contribution in [2.45, 2.75) is 57.0 Å². The van der Waals surface area contributed by atoms with Crippen LogP contribution >= 0.6 is 11.6 Å². The highest BCUT2D eigenvalue weighted by Gasteiger charge is 2.33. The summed E-state index contributed by atoms with van der Waals surface area (Å²) in [5, 5.41) is 16.3. The van der Waals surface area contributed by atoms with Crippen LogP contribution in [-0.2, 0) is 10.3 Å². The molecule has 1 aromatic rings. The number of hydrogen-bond acceptors (Lipinski definition) is 3. The highest BCUT2D eigenvalue weighted by Crippen LogP contribution is 2.27. The van der Waals surface area contributed by atoms with Gasteiger partial charge in [0.1, 0.15) is 5.54 Å². The Morgan fingerprint density at radius 1 is 1.26 bits per heavy atom. The molecule has 1 aliphatic carbocycles. The third-order valence-corrected chi connectivity index (χ3v) is 4.81. The Labute approximate surface area is 143 Å². The summed E-state index contributed by atoms with van der Waals surface area (Å²) in [7, 11) is 0. The maximum atomic E-state index is 12.3. The largest absolute Gasteiger partial charge is 0.337 e. The molecule has 4 nitrogen and oxygen atoms in total. The third kappa shape index (κ3) is 4.70. The molecule has 0 unspecified atom stereocenters. The Morgan fingerprint density at radius 3 is 2.43 bits per heavy atom.